The lowest BCUT2D eigenvalue weighted by atomic mass is 9.96. The van der Waals surface area contributed by atoms with Crippen molar-refractivity contribution in [2.24, 2.45) is 5.92 Å². The molecule has 0 saturated heterocycles. The number of halogens is 1. The molecular weight excluding hydrogens is 229 g/mol. The van der Waals surface area contributed by atoms with Crippen molar-refractivity contribution < 1.29 is 9.13 Å². The fourth-order valence-corrected chi connectivity index (χ4v) is 2.03. The predicted molar refractivity (Wildman–Crippen MR) is 73.4 cm³/mol. The monoisotopic (exact) mass is 253 g/mol. The van der Waals surface area contributed by atoms with Gasteiger partial charge in [0.1, 0.15) is 11.6 Å². The summed E-state index contributed by atoms with van der Waals surface area (Å²) in [6.45, 7) is 7.33. The van der Waals surface area contributed by atoms with E-state index in [1.165, 1.54) is 6.07 Å². The number of methoxy groups -OCH3 is 1. The van der Waals surface area contributed by atoms with Gasteiger partial charge in [-0.1, -0.05) is 26.8 Å². The molecule has 0 aliphatic heterocycles. The Balaban J connectivity index is 2.89. The van der Waals surface area contributed by atoms with Crippen molar-refractivity contribution in [1.29, 1.82) is 0 Å². The lowest BCUT2D eigenvalue weighted by Gasteiger charge is -2.21. The summed E-state index contributed by atoms with van der Waals surface area (Å²) in [5.74, 6) is 0.902. The van der Waals surface area contributed by atoms with Crippen LogP contribution in [0.25, 0.3) is 0 Å². The number of ether oxygens (including phenoxy) is 1. The third kappa shape index (κ3) is 4.30. The number of rotatable bonds is 7. The minimum Gasteiger partial charge on any atom is -0.497 e. The van der Waals surface area contributed by atoms with E-state index in [9.17, 15) is 4.39 Å². The molecular formula is C15H24FNO. The lowest BCUT2D eigenvalue weighted by molar-refractivity contribution is 0.400. The minimum absolute atomic E-state index is 0.0795. The van der Waals surface area contributed by atoms with Crippen molar-refractivity contribution in [3.63, 3.8) is 0 Å². The van der Waals surface area contributed by atoms with Gasteiger partial charge in [0.05, 0.1) is 7.11 Å². The van der Waals surface area contributed by atoms with Gasteiger partial charge in [0.25, 0.3) is 0 Å². The Morgan fingerprint density at radius 2 is 2.06 bits per heavy atom. The van der Waals surface area contributed by atoms with Gasteiger partial charge in [-0.15, -0.1) is 0 Å². The molecule has 0 amide bonds. The largest absolute Gasteiger partial charge is 0.497 e. The van der Waals surface area contributed by atoms with Crippen LogP contribution in [-0.2, 0) is 0 Å². The molecule has 1 atom stereocenters. The number of hydrogen-bond donors (Lipinski definition) is 1. The van der Waals surface area contributed by atoms with Crippen LogP contribution < -0.4 is 10.1 Å². The molecule has 1 aromatic carbocycles. The van der Waals surface area contributed by atoms with Gasteiger partial charge in [-0.25, -0.2) is 4.39 Å². The van der Waals surface area contributed by atoms with Gasteiger partial charge in [-0.2, -0.15) is 0 Å². The SMILES string of the molecule is CCCNC(CC(C)C)c1ccc(OC)cc1F. The zero-order valence-electron chi connectivity index (χ0n) is 11.8. The highest BCUT2D eigenvalue weighted by Gasteiger charge is 2.16. The Hall–Kier alpha value is -1.09. The Bertz CT molecular complexity index is 366. The molecule has 1 aromatic rings. The minimum atomic E-state index is -0.191. The molecule has 2 nitrogen and oxygen atoms in total. The fourth-order valence-electron chi connectivity index (χ4n) is 2.03. The maximum atomic E-state index is 14.0. The molecule has 1 rings (SSSR count). The number of nitrogens with one attached hydrogen (secondary N) is 1. The van der Waals surface area contributed by atoms with Crippen molar-refractivity contribution in [2.75, 3.05) is 13.7 Å². The van der Waals surface area contributed by atoms with E-state index in [2.05, 4.69) is 26.1 Å². The second kappa shape index (κ2) is 7.37. The summed E-state index contributed by atoms with van der Waals surface area (Å²) in [5.41, 5.74) is 0.734. The summed E-state index contributed by atoms with van der Waals surface area (Å²) in [6.07, 6.45) is 1.98. The van der Waals surface area contributed by atoms with E-state index >= 15 is 0 Å². The average Bonchev–Trinajstić information content (AvgIpc) is 2.34. The summed E-state index contributed by atoms with van der Waals surface area (Å²) in [7, 11) is 1.55. The Labute approximate surface area is 110 Å². The van der Waals surface area contributed by atoms with Crippen molar-refractivity contribution >= 4 is 0 Å². The summed E-state index contributed by atoms with van der Waals surface area (Å²) >= 11 is 0. The van der Waals surface area contributed by atoms with Crippen LogP contribution in [-0.4, -0.2) is 13.7 Å². The van der Waals surface area contributed by atoms with Crippen molar-refractivity contribution in [3.8, 4) is 5.75 Å². The summed E-state index contributed by atoms with van der Waals surface area (Å²) in [5, 5.41) is 3.41. The number of hydrogen-bond acceptors (Lipinski definition) is 2. The van der Waals surface area contributed by atoms with Crippen LogP contribution in [0.15, 0.2) is 18.2 Å². The lowest BCUT2D eigenvalue weighted by Crippen LogP contribution is -2.24. The maximum Gasteiger partial charge on any atom is 0.131 e. The Morgan fingerprint density at radius 3 is 2.56 bits per heavy atom. The standard InChI is InChI=1S/C15H24FNO/c1-5-8-17-15(9-11(2)3)13-7-6-12(18-4)10-14(13)16/h6-7,10-11,15,17H,5,8-9H2,1-4H3. The average molecular weight is 253 g/mol. The zero-order chi connectivity index (χ0) is 13.5. The zero-order valence-corrected chi connectivity index (χ0v) is 11.8. The molecule has 0 aromatic heterocycles. The molecule has 0 spiro atoms. The first-order chi connectivity index (χ1) is 8.58. The third-order valence-corrected chi connectivity index (χ3v) is 2.93. The summed E-state index contributed by atoms with van der Waals surface area (Å²) < 4.78 is 19.1. The van der Waals surface area contributed by atoms with E-state index in [4.69, 9.17) is 4.74 Å². The van der Waals surface area contributed by atoms with Gasteiger partial charge in [-0.3, -0.25) is 0 Å². The third-order valence-electron chi connectivity index (χ3n) is 2.93. The first kappa shape index (κ1) is 15.0. The number of benzene rings is 1. The van der Waals surface area contributed by atoms with Crippen LogP contribution in [0.1, 0.15) is 45.2 Å². The fraction of sp³-hybridized carbons (Fsp3) is 0.600. The predicted octanol–water partition coefficient (Wildman–Crippen LogP) is 3.92. The van der Waals surface area contributed by atoms with Gasteiger partial charge < -0.3 is 10.1 Å². The van der Waals surface area contributed by atoms with E-state index in [1.807, 2.05) is 12.1 Å². The normalized spacial score (nSPS) is 12.8. The molecule has 0 saturated carbocycles. The Morgan fingerprint density at radius 1 is 1.33 bits per heavy atom. The van der Waals surface area contributed by atoms with E-state index in [0.29, 0.717) is 11.7 Å². The van der Waals surface area contributed by atoms with Gasteiger partial charge in [0.2, 0.25) is 0 Å². The van der Waals surface area contributed by atoms with Crippen LogP contribution in [0.3, 0.4) is 0 Å². The van der Waals surface area contributed by atoms with Crippen LogP contribution in [0.2, 0.25) is 0 Å². The van der Waals surface area contributed by atoms with Crippen LogP contribution in [0, 0.1) is 11.7 Å². The molecule has 0 aliphatic rings. The second-order valence-corrected chi connectivity index (χ2v) is 5.02. The molecule has 1 unspecified atom stereocenters. The van der Waals surface area contributed by atoms with Crippen LogP contribution in [0.5, 0.6) is 5.75 Å². The molecule has 18 heavy (non-hydrogen) atoms. The van der Waals surface area contributed by atoms with E-state index in [0.717, 1.165) is 24.9 Å². The maximum absolute atomic E-state index is 14.0. The molecule has 102 valence electrons. The molecule has 3 heteroatoms. The molecule has 1 N–H and O–H groups in total. The summed E-state index contributed by atoms with van der Waals surface area (Å²) in [6, 6.07) is 5.18. The second-order valence-electron chi connectivity index (χ2n) is 5.02. The molecule has 0 radical (unpaired) electrons. The Kier molecular flexibility index (Phi) is 6.13. The van der Waals surface area contributed by atoms with Crippen LogP contribution >= 0.6 is 0 Å². The van der Waals surface area contributed by atoms with Crippen molar-refractivity contribution in [2.45, 2.75) is 39.7 Å². The van der Waals surface area contributed by atoms with Crippen molar-refractivity contribution in [3.05, 3.63) is 29.6 Å². The first-order valence-electron chi connectivity index (χ1n) is 6.65. The highest BCUT2D eigenvalue weighted by Crippen LogP contribution is 2.26. The van der Waals surface area contributed by atoms with Gasteiger partial charge in [-0.05, 0) is 31.4 Å². The molecule has 0 bridgehead atoms. The molecule has 0 heterocycles. The topological polar surface area (TPSA) is 21.3 Å². The van der Waals surface area contributed by atoms with Gasteiger partial charge in [0, 0.05) is 17.7 Å². The highest BCUT2D eigenvalue weighted by molar-refractivity contribution is 5.30. The first-order valence-corrected chi connectivity index (χ1v) is 6.65. The molecule has 0 aliphatic carbocycles. The smallest absolute Gasteiger partial charge is 0.131 e. The van der Waals surface area contributed by atoms with E-state index in [-0.39, 0.29) is 11.9 Å². The van der Waals surface area contributed by atoms with Crippen LogP contribution in [0.4, 0.5) is 4.39 Å². The quantitative estimate of drug-likeness (QED) is 0.795. The van der Waals surface area contributed by atoms with E-state index in [1.54, 1.807) is 7.11 Å². The van der Waals surface area contributed by atoms with Gasteiger partial charge >= 0.3 is 0 Å². The summed E-state index contributed by atoms with van der Waals surface area (Å²) in [4.78, 5) is 0. The molecule has 0 fully saturated rings. The van der Waals surface area contributed by atoms with E-state index < -0.39 is 0 Å². The highest BCUT2D eigenvalue weighted by atomic mass is 19.1. The van der Waals surface area contributed by atoms with Gasteiger partial charge in [0.15, 0.2) is 0 Å². The van der Waals surface area contributed by atoms with Crippen molar-refractivity contribution in [1.82, 2.24) is 5.32 Å².